The van der Waals surface area contributed by atoms with Crippen LogP contribution in [0, 0.1) is 0 Å². The first-order valence-corrected chi connectivity index (χ1v) is 8.01. The summed E-state index contributed by atoms with van der Waals surface area (Å²) in [5, 5.41) is 0. The summed E-state index contributed by atoms with van der Waals surface area (Å²) in [7, 11) is 1.67. The van der Waals surface area contributed by atoms with Crippen molar-refractivity contribution in [2.75, 3.05) is 24.3 Å². The van der Waals surface area contributed by atoms with Crippen molar-refractivity contribution in [3.8, 4) is 5.75 Å². The molecule has 100 valence electrons. The van der Waals surface area contributed by atoms with E-state index in [-0.39, 0.29) is 0 Å². The van der Waals surface area contributed by atoms with E-state index < -0.39 is 0 Å². The van der Waals surface area contributed by atoms with Crippen molar-refractivity contribution in [3.63, 3.8) is 0 Å². The van der Waals surface area contributed by atoms with Gasteiger partial charge in [-0.25, -0.2) is 0 Å². The standard InChI is InChI=1S/C15H17NOS2/c1-17-12-7-8-14(16)15(11-12)19-10-9-18-13-5-3-2-4-6-13/h2-8,11H,9-10,16H2,1H3. The van der Waals surface area contributed by atoms with Crippen LogP contribution < -0.4 is 10.5 Å². The minimum atomic E-state index is 0.815. The molecule has 19 heavy (non-hydrogen) atoms. The van der Waals surface area contributed by atoms with Gasteiger partial charge in [0, 0.05) is 27.0 Å². The molecule has 0 aromatic heterocycles. The normalized spacial score (nSPS) is 10.4. The Morgan fingerprint density at radius 2 is 1.74 bits per heavy atom. The van der Waals surface area contributed by atoms with Crippen LogP contribution in [0.4, 0.5) is 5.69 Å². The third-order valence-corrected chi connectivity index (χ3v) is 4.92. The molecule has 0 aliphatic rings. The summed E-state index contributed by atoms with van der Waals surface area (Å²) in [5.41, 5.74) is 6.77. The van der Waals surface area contributed by atoms with Gasteiger partial charge in [-0.05, 0) is 30.3 Å². The first kappa shape index (κ1) is 14.2. The lowest BCUT2D eigenvalue weighted by Gasteiger charge is -2.07. The van der Waals surface area contributed by atoms with Crippen molar-refractivity contribution in [1.29, 1.82) is 0 Å². The van der Waals surface area contributed by atoms with Gasteiger partial charge in [0.1, 0.15) is 5.75 Å². The maximum absolute atomic E-state index is 5.95. The summed E-state index contributed by atoms with van der Waals surface area (Å²) in [5.74, 6) is 2.94. The van der Waals surface area contributed by atoms with Gasteiger partial charge in [0.2, 0.25) is 0 Å². The third kappa shape index (κ3) is 4.40. The van der Waals surface area contributed by atoms with Crippen LogP contribution in [0.2, 0.25) is 0 Å². The van der Waals surface area contributed by atoms with Gasteiger partial charge in [-0.3, -0.25) is 0 Å². The smallest absolute Gasteiger partial charge is 0.120 e. The maximum Gasteiger partial charge on any atom is 0.120 e. The Morgan fingerprint density at radius 3 is 2.47 bits per heavy atom. The van der Waals surface area contributed by atoms with E-state index in [2.05, 4.69) is 24.3 Å². The second-order valence-electron chi connectivity index (χ2n) is 3.91. The lowest BCUT2D eigenvalue weighted by Crippen LogP contribution is -1.92. The predicted octanol–water partition coefficient (Wildman–Crippen LogP) is 4.16. The highest BCUT2D eigenvalue weighted by Gasteiger charge is 2.02. The lowest BCUT2D eigenvalue weighted by atomic mass is 10.3. The van der Waals surface area contributed by atoms with E-state index in [0.717, 1.165) is 27.8 Å². The second-order valence-corrected chi connectivity index (χ2v) is 6.22. The molecule has 4 heteroatoms. The summed E-state index contributed by atoms with van der Waals surface area (Å²) >= 11 is 3.63. The number of thioether (sulfide) groups is 2. The Bertz CT molecular complexity index is 517. The fourth-order valence-corrected chi connectivity index (χ4v) is 3.50. The molecule has 0 aliphatic heterocycles. The monoisotopic (exact) mass is 291 g/mol. The molecule has 2 aromatic rings. The molecule has 0 bridgehead atoms. The molecule has 0 saturated heterocycles. The van der Waals surface area contributed by atoms with E-state index in [1.54, 1.807) is 18.9 Å². The second kappa shape index (κ2) is 7.36. The molecule has 2 aromatic carbocycles. The van der Waals surface area contributed by atoms with Crippen molar-refractivity contribution in [2.24, 2.45) is 0 Å². The maximum atomic E-state index is 5.95. The lowest BCUT2D eigenvalue weighted by molar-refractivity contribution is 0.414. The highest BCUT2D eigenvalue weighted by atomic mass is 32.2. The van der Waals surface area contributed by atoms with Gasteiger partial charge < -0.3 is 10.5 Å². The first-order valence-electron chi connectivity index (χ1n) is 6.04. The zero-order valence-corrected chi connectivity index (χ0v) is 12.5. The topological polar surface area (TPSA) is 35.2 Å². The fourth-order valence-electron chi connectivity index (χ4n) is 1.59. The Labute approximate surface area is 122 Å². The Kier molecular flexibility index (Phi) is 5.48. The van der Waals surface area contributed by atoms with Crippen LogP contribution in [-0.2, 0) is 0 Å². The van der Waals surface area contributed by atoms with Crippen LogP contribution in [-0.4, -0.2) is 18.6 Å². The van der Waals surface area contributed by atoms with E-state index in [1.165, 1.54) is 4.90 Å². The highest BCUT2D eigenvalue weighted by molar-refractivity contribution is 8.03. The molecule has 0 radical (unpaired) electrons. The highest BCUT2D eigenvalue weighted by Crippen LogP contribution is 2.30. The number of benzene rings is 2. The number of nitrogens with two attached hydrogens (primary N) is 1. The molecule has 0 saturated carbocycles. The summed E-state index contributed by atoms with van der Waals surface area (Å²) < 4.78 is 5.21. The van der Waals surface area contributed by atoms with Gasteiger partial charge in [-0.1, -0.05) is 18.2 Å². The molecule has 0 unspecified atom stereocenters. The Hall–Kier alpha value is -1.26. The van der Waals surface area contributed by atoms with E-state index in [0.29, 0.717) is 0 Å². The fraction of sp³-hybridized carbons (Fsp3) is 0.200. The molecule has 0 fully saturated rings. The molecule has 0 heterocycles. The van der Waals surface area contributed by atoms with E-state index in [1.807, 2.05) is 36.0 Å². The summed E-state index contributed by atoms with van der Waals surface area (Å²) in [6, 6.07) is 16.2. The van der Waals surface area contributed by atoms with Crippen molar-refractivity contribution >= 4 is 29.2 Å². The van der Waals surface area contributed by atoms with Crippen LogP contribution in [0.3, 0.4) is 0 Å². The van der Waals surface area contributed by atoms with Gasteiger partial charge in [0.15, 0.2) is 0 Å². The average molecular weight is 291 g/mol. The van der Waals surface area contributed by atoms with Gasteiger partial charge in [-0.2, -0.15) is 0 Å². The largest absolute Gasteiger partial charge is 0.497 e. The zero-order valence-electron chi connectivity index (χ0n) is 10.8. The van der Waals surface area contributed by atoms with Crippen LogP contribution in [0.25, 0.3) is 0 Å². The predicted molar refractivity (Wildman–Crippen MR) is 85.3 cm³/mol. The van der Waals surface area contributed by atoms with Gasteiger partial charge in [0.25, 0.3) is 0 Å². The van der Waals surface area contributed by atoms with Gasteiger partial charge in [0.05, 0.1) is 7.11 Å². The van der Waals surface area contributed by atoms with Gasteiger partial charge in [-0.15, -0.1) is 23.5 Å². The Morgan fingerprint density at radius 1 is 1.00 bits per heavy atom. The molecule has 2 rings (SSSR count). The molecular weight excluding hydrogens is 274 g/mol. The van der Waals surface area contributed by atoms with Crippen molar-refractivity contribution in [3.05, 3.63) is 48.5 Å². The molecule has 2 N–H and O–H groups in total. The molecule has 0 amide bonds. The van der Waals surface area contributed by atoms with Crippen molar-refractivity contribution in [1.82, 2.24) is 0 Å². The zero-order chi connectivity index (χ0) is 13.5. The first-order chi connectivity index (χ1) is 9.29. The van der Waals surface area contributed by atoms with Crippen LogP contribution in [0.15, 0.2) is 58.3 Å². The minimum absolute atomic E-state index is 0.815. The van der Waals surface area contributed by atoms with Crippen LogP contribution in [0.5, 0.6) is 5.75 Å². The number of nitrogen functional groups attached to an aromatic ring is 1. The van der Waals surface area contributed by atoms with E-state index in [4.69, 9.17) is 10.5 Å². The number of rotatable bonds is 6. The number of methoxy groups -OCH3 is 1. The van der Waals surface area contributed by atoms with Gasteiger partial charge >= 0.3 is 0 Å². The summed E-state index contributed by atoms with van der Waals surface area (Å²) in [6.45, 7) is 0. The Balaban J connectivity index is 1.82. The van der Waals surface area contributed by atoms with Crippen LogP contribution in [0.1, 0.15) is 0 Å². The summed E-state index contributed by atoms with van der Waals surface area (Å²) in [4.78, 5) is 2.40. The van der Waals surface area contributed by atoms with E-state index >= 15 is 0 Å². The summed E-state index contributed by atoms with van der Waals surface area (Å²) in [6.07, 6.45) is 0. The average Bonchev–Trinajstić information content (AvgIpc) is 2.46. The van der Waals surface area contributed by atoms with Crippen molar-refractivity contribution < 1.29 is 4.74 Å². The molecule has 0 atom stereocenters. The number of anilines is 1. The molecular formula is C15H17NOS2. The number of hydrogen-bond acceptors (Lipinski definition) is 4. The third-order valence-electron chi connectivity index (χ3n) is 2.57. The quantitative estimate of drug-likeness (QED) is 0.492. The number of ether oxygens (including phenoxy) is 1. The van der Waals surface area contributed by atoms with E-state index in [9.17, 15) is 0 Å². The van der Waals surface area contributed by atoms with Crippen molar-refractivity contribution in [2.45, 2.75) is 9.79 Å². The molecule has 2 nitrogen and oxygen atoms in total. The SMILES string of the molecule is COc1ccc(N)c(SCCSc2ccccc2)c1. The minimum Gasteiger partial charge on any atom is -0.497 e. The molecule has 0 spiro atoms. The molecule has 0 aliphatic carbocycles. The van der Waals surface area contributed by atoms with Crippen LogP contribution >= 0.6 is 23.5 Å². The number of hydrogen-bond donors (Lipinski definition) is 1.